The van der Waals surface area contributed by atoms with E-state index < -0.39 is 5.97 Å². The highest BCUT2D eigenvalue weighted by Gasteiger charge is 2.10. The number of carbonyl (C=O) groups excluding carboxylic acids is 2. The van der Waals surface area contributed by atoms with Crippen LogP contribution >= 0.6 is 0 Å². The third-order valence-corrected chi connectivity index (χ3v) is 3.78. The molecule has 8 heteroatoms. The number of aromatic nitrogens is 2. The zero-order valence-electron chi connectivity index (χ0n) is 15.3. The lowest BCUT2D eigenvalue weighted by molar-refractivity contribution is 0.0600. The number of methoxy groups -OCH3 is 2. The zero-order valence-corrected chi connectivity index (χ0v) is 15.3. The molecule has 1 amide bonds. The topological polar surface area (TPSA) is 102 Å². The fourth-order valence-electron chi connectivity index (χ4n) is 2.41. The number of nitrogens with one attached hydrogen (secondary N) is 2. The molecule has 142 valence electrons. The van der Waals surface area contributed by atoms with Crippen LogP contribution in [0, 0.1) is 0 Å². The first kappa shape index (κ1) is 18.8. The summed E-state index contributed by atoms with van der Waals surface area (Å²) in [6, 6.07) is 17.0. The van der Waals surface area contributed by atoms with E-state index in [1.165, 1.54) is 7.11 Å². The van der Waals surface area contributed by atoms with Crippen molar-refractivity contribution in [2.45, 2.75) is 0 Å². The van der Waals surface area contributed by atoms with Crippen LogP contribution in [0.2, 0.25) is 0 Å². The highest BCUT2D eigenvalue weighted by molar-refractivity contribution is 6.02. The van der Waals surface area contributed by atoms with E-state index in [1.807, 2.05) is 0 Å². The average molecular weight is 378 g/mol. The molecule has 0 unspecified atom stereocenters. The maximum absolute atomic E-state index is 12.3. The molecule has 0 bridgehead atoms. The van der Waals surface area contributed by atoms with Crippen molar-refractivity contribution in [2.75, 3.05) is 24.9 Å². The SMILES string of the molecule is COC(=O)c1cccc(Nc2ccc(C(=O)Nc3cccc(OC)c3)nn2)c1. The molecule has 0 atom stereocenters. The van der Waals surface area contributed by atoms with E-state index >= 15 is 0 Å². The molecule has 0 aliphatic carbocycles. The van der Waals surface area contributed by atoms with Gasteiger partial charge in [0.2, 0.25) is 0 Å². The number of rotatable bonds is 6. The van der Waals surface area contributed by atoms with E-state index in [-0.39, 0.29) is 11.6 Å². The van der Waals surface area contributed by atoms with Gasteiger partial charge >= 0.3 is 5.97 Å². The van der Waals surface area contributed by atoms with Crippen LogP contribution in [0.25, 0.3) is 0 Å². The summed E-state index contributed by atoms with van der Waals surface area (Å²) in [7, 11) is 2.88. The van der Waals surface area contributed by atoms with Crippen LogP contribution in [-0.2, 0) is 4.74 Å². The molecule has 0 saturated heterocycles. The van der Waals surface area contributed by atoms with Gasteiger partial charge in [-0.1, -0.05) is 12.1 Å². The quantitative estimate of drug-likeness (QED) is 0.635. The minimum absolute atomic E-state index is 0.164. The highest BCUT2D eigenvalue weighted by Crippen LogP contribution is 2.18. The Bertz CT molecular complexity index is 990. The second-order valence-electron chi connectivity index (χ2n) is 5.69. The van der Waals surface area contributed by atoms with Crippen LogP contribution < -0.4 is 15.4 Å². The number of carbonyl (C=O) groups is 2. The van der Waals surface area contributed by atoms with E-state index in [9.17, 15) is 9.59 Å². The summed E-state index contributed by atoms with van der Waals surface area (Å²) in [4.78, 5) is 23.9. The van der Waals surface area contributed by atoms with Gasteiger partial charge in [-0.25, -0.2) is 4.79 Å². The number of hydrogen-bond acceptors (Lipinski definition) is 7. The number of esters is 1. The monoisotopic (exact) mass is 378 g/mol. The number of hydrogen-bond donors (Lipinski definition) is 2. The molecule has 0 fully saturated rings. The molecule has 0 aliphatic heterocycles. The average Bonchev–Trinajstić information content (AvgIpc) is 2.74. The zero-order chi connectivity index (χ0) is 19.9. The summed E-state index contributed by atoms with van der Waals surface area (Å²) in [5.41, 5.74) is 1.81. The van der Waals surface area contributed by atoms with E-state index in [0.29, 0.717) is 28.5 Å². The van der Waals surface area contributed by atoms with Gasteiger partial charge in [-0.3, -0.25) is 4.79 Å². The Kier molecular flexibility index (Phi) is 5.81. The van der Waals surface area contributed by atoms with E-state index in [2.05, 4.69) is 20.8 Å². The van der Waals surface area contributed by atoms with Crippen molar-refractivity contribution in [1.29, 1.82) is 0 Å². The Morgan fingerprint density at radius 3 is 2.39 bits per heavy atom. The van der Waals surface area contributed by atoms with Crippen LogP contribution in [-0.4, -0.2) is 36.3 Å². The van der Waals surface area contributed by atoms with E-state index in [1.54, 1.807) is 67.8 Å². The van der Waals surface area contributed by atoms with Crippen molar-refractivity contribution in [3.05, 3.63) is 71.9 Å². The standard InChI is InChI=1S/C20H18N4O4/c1-27-16-8-4-7-15(12-16)22-19(25)17-9-10-18(24-23-17)21-14-6-3-5-13(11-14)20(26)28-2/h3-12H,1-2H3,(H,21,24)(H,22,25). The largest absolute Gasteiger partial charge is 0.497 e. The summed E-state index contributed by atoms with van der Waals surface area (Å²) < 4.78 is 9.83. The molecule has 2 N–H and O–H groups in total. The van der Waals surface area contributed by atoms with Crippen molar-refractivity contribution in [2.24, 2.45) is 0 Å². The number of amides is 1. The number of nitrogens with zero attached hydrogens (tertiary/aromatic N) is 2. The Labute approximate surface area is 161 Å². The van der Waals surface area contributed by atoms with Gasteiger partial charge in [0, 0.05) is 17.4 Å². The lowest BCUT2D eigenvalue weighted by atomic mass is 10.2. The van der Waals surface area contributed by atoms with Crippen LogP contribution in [0.5, 0.6) is 5.75 Å². The van der Waals surface area contributed by atoms with Gasteiger partial charge in [0.05, 0.1) is 19.8 Å². The van der Waals surface area contributed by atoms with Crippen molar-refractivity contribution >= 4 is 29.1 Å². The molecule has 0 spiro atoms. The lowest BCUT2D eigenvalue weighted by Crippen LogP contribution is -2.14. The molecule has 1 heterocycles. The summed E-state index contributed by atoms with van der Waals surface area (Å²) in [5, 5.41) is 13.7. The normalized spacial score (nSPS) is 10.1. The molecule has 3 aromatic rings. The van der Waals surface area contributed by atoms with Crippen LogP contribution in [0.4, 0.5) is 17.2 Å². The van der Waals surface area contributed by atoms with Gasteiger partial charge in [0.25, 0.3) is 5.91 Å². The highest BCUT2D eigenvalue weighted by atomic mass is 16.5. The molecular weight excluding hydrogens is 360 g/mol. The predicted molar refractivity (Wildman–Crippen MR) is 104 cm³/mol. The van der Waals surface area contributed by atoms with Crippen molar-refractivity contribution in [3.63, 3.8) is 0 Å². The third kappa shape index (κ3) is 4.61. The summed E-state index contributed by atoms with van der Waals surface area (Å²) in [5.74, 6) is 0.247. The van der Waals surface area contributed by atoms with E-state index in [0.717, 1.165) is 0 Å². The first-order chi connectivity index (χ1) is 13.6. The van der Waals surface area contributed by atoms with Crippen LogP contribution in [0.1, 0.15) is 20.8 Å². The Morgan fingerprint density at radius 1 is 0.893 bits per heavy atom. The molecule has 2 aromatic carbocycles. The van der Waals surface area contributed by atoms with Crippen molar-refractivity contribution in [3.8, 4) is 5.75 Å². The third-order valence-electron chi connectivity index (χ3n) is 3.78. The Balaban J connectivity index is 1.67. The van der Waals surface area contributed by atoms with Crippen molar-refractivity contribution < 1.29 is 19.1 Å². The van der Waals surface area contributed by atoms with Gasteiger partial charge in [-0.2, -0.15) is 0 Å². The summed E-state index contributed by atoms with van der Waals surface area (Å²) in [6.07, 6.45) is 0. The number of ether oxygens (including phenoxy) is 2. The fourth-order valence-corrected chi connectivity index (χ4v) is 2.41. The molecule has 28 heavy (non-hydrogen) atoms. The molecule has 3 rings (SSSR count). The second-order valence-corrected chi connectivity index (χ2v) is 5.69. The summed E-state index contributed by atoms with van der Waals surface area (Å²) in [6.45, 7) is 0. The molecule has 0 aliphatic rings. The van der Waals surface area contributed by atoms with Gasteiger partial charge < -0.3 is 20.1 Å². The maximum Gasteiger partial charge on any atom is 0.337 e. The second kappa shape index (κ2) is 8.63. The number of benzene rings is 2. The first-order valence-corrected chi connectivity index (χ1v) is 8.33. The number of anilines is 3. The molecule has 0 saturated carbocycles. The minimum Gasteiger partial charge on any atom is -0.497 e. The fraction of sp³-hybridized carbons (Fsp3) is 0.100. The summed E-state index contributed by atoms with van der Waals surface area (Å²) >= 11 is 0. The lowest BCUT2D eigenvalue weighted by Gasteiger charge is -2.08. The van der Waals surface area contributed by atoms with Crippen LogP contribution in [0.15, 0.2) is 60.7 Å². The van der Waals surface area contributed by atoms with E-state index in [4.69, 9.17) is 9.47 Å². The predicted octanol–water partition coefficient (Wildman–Crippen LogP) is 3.27. The molecular formula is C20H18N4O4. The minimum atomic E-state index is -0.431. The van der Waals surface area contributed by atoms with Crippen LogP contribution in [0.3, 0.4) is 0 Å². The van der Waals surface area contributed by atoms with Gasteiger partial charge in [0.1, 0.15) is 5.75 Å². The van der Waals surface area contributed by atoms with Gasteiger partial charge in [0.15, 0.2) is 11.5 Å². The molecule has 0 radical (unpaired) electrons. The maximum atomic E-state index is 12.3. The Hall–Kier alpha value is -3.94. The molecule has 1 aromatic heterocycles. The Morgan fingerprint density at radius 2 is 1.68 bits per heavy atom. The van der Waals surface area contributed by atoms with Crippen molar-refractivity contribution in [1.82, 2.24) is 10.2 Å². The van der Waals surface area contributed by atoms with Gasteiger partial charge in [-0.05, 0) is 42.5 Å². The van der Waals surface area contributed by atoms with Gasteiger partial charge in [-0.15, -0.1) is 10.2 Å². The smallest absolute Gasteiger partial charge is 0.337 e. The molecule has 8 nitrogen and oxygen atoms in total. The first-order valence-electron chi connectivity index (χ1n) is 8.33.